The van der Waals surface area contributed by atoms with Crippen molar-refractivity contribution in [3.05, 3.63) is 35.5 Å². The fourth-order valence-corrected chi connectivity index (χ4v) is 2.58. The SMILES string of the molecule is FC(F)(F)c1nnc2n1CCN(c1ncccc1CCl)C2. The van der Waals surface area contributed by atoms with Gasteiger partial charge < -0.3 is 9.47 Å². The molecule has 0 saturated carbocycles. The zero-order chi connectivity index (χ0) is 15.0. The first-order valence-electron chi connectivity index (χ1n) is 6.25. The van der Waals surface area contributed by atoms with Crippen LogP contribution < -0.4 is 4.90 Å². The first kappa shape index (κ1) is 14.1. The summed E-state index contributed by atoms with van der Waals surface area (Å²) in [7, 11) is 0. The Balaban J connectivity index is 1.90. The van der Waals surface area contributed by atoms with Crippen molar-refractivity contribution in [1.29, 1.82) is 0 Å². The van der Waals surface area contributed by atoms with Gasteiger partial charge in [-0.05, 0) is 6.07 Å². The normalized spacial score (nSPS) is 15.1. The van der Waals surface area contributed by atoms with Gasteiger partial charge in [-0.25, -0.2) is 4.98 Å². The summed E-state index contributed by atoms with van der Waals surface area (Å²) < 4.78 is 39.5. The van der Waals surface area contributed by atoms with Crippen LogP contribution in [0.1, 0.15) is 17.2 Å². The van der Waals surface area contributed by atoms with Crippen molar-refractivity contribution in [2.45, 2.75) is 25.1 Å². The highest BCUT2D eigenvalue weighted by molar-refractivity contribution is 6.17. The number of pyridine rings is 1. The third-order valence-electron chi connectivity index (χ3n) is 3.32. The van der Waals surface area contributed by atoms with E-state index in [1.165, 1.54) is 0 Å². The van der Waals surface area contributed by atoms with Gasteiger partial charge in [0, 0.05) is 24.8 Å². The van der Waals surface area contributed by atoms with Gasteiger partial charge in [-0.1, -0.05) is 6.07 Å². The molecule has 2 aromatic rings. The Kier molecular flexibility index (Phi) is 3.48. The Morgan fingerprint density at radius 2 is 2.05 bits per heavy atom. The Morgan fingerprint density at radius 3 is 2.76 bits per heavy atom. The number of alkyl halides is 4. The molecule has 112 valence electrons. The monoisotopic (exact) mass is 317 g/mol. The van der Waals surface area contributed by atoms with E-state index in [2.05, 4.69) is 15.2 Å². The molecule has 0 radical (unpaired) electrons. The zero-order valence-electron chi connectivity index (χ0n) is 10.8. The molecule has 0 N–H and O–H groups in total. The number of halogens is 4. The van der Waals surface area contributed by atoms with Gasteiger partial charge in [0.15, 0.2) is 5.82 Å². The highest BCUT2D eigenvalue weighted by atomic mass is 35.5. The molecule has 0 spiro atoms. The first-order valence-corrected chi connectivity index (χ1v) is 6.78. The lowest BCUT2D eigenvalue weighted by Crippen LogP contribution is -2.36. The number of nitrogens with zero attached hydrogens (tertiary/aromatic N) is 5. The van der Waals surface area contributed by atoms with Crippen molar-refractivity contribution in [3.8, 4) is 0 Å². The van der Waals surface area contributed by atoms with Crippen LogP contribution in [0, 0.1) is 0 Å². The highest BCUT2D eigenvalue weighted by Crippen LogP contribution is 2.30. The molecule has 0 amide bonds. The van der Waals surface area contributed by atoms with Crippen LogP contribution >= 0.6 is 11.6 Å². The maximum absolute atomic E-state index is 12.8. The average molecular weight is 318 g/mol. The molecule has 0 atom stereocenters. The van der Waals surface area contributed by atoms with Crippen molar-refractivity contribution in [2.75, 3.05) is 11.4 Å². The Bertz CT molecular complexity index is 655. The van der Waals surface area contributed by atoms with Crippen molar-refractivity contribution in [2.24, 2.45) is 0 Å². The summed E-state index contributed by atoms with van der Waals surface area (Å²) in [5.74, 6) is 0.297. The van der Waals surface area contributed by atoms with Crippen molar-refractivity contribution >= 4 is 17.4 Å². The summed E-state index contributed by atoms with van der Waals surface area (Å²) in [4.78, 5) is 6.13. The lowest BCUT2D eigenvalue weighted by molar-refractivity contribution is -0.147. The van der Waals surface area contributed by atoms with Crippen LogP contribution in [0.5, 0.6) is 0 Å². The smallest absolute Gasteiger partial charge is 0.347 e. The molecule has 0 fully saturated rings. The number of rotatable bonds is 2. The molecule has 0 bridgehead atoms. The second kappa shape index (κ2) is 5.18. The summed E-state index contributed by atoms with van der Waals surface area (Å²) in [6.07, 6.45) is -2.86. The molecule has 3 rings (SSSR count). The Morgan fingerprint density at radius 1 is 1.24 bits per heavy atom. The van der Waals surface area contributed by atoms with Crippen LogP contribution in [0.2, 0.25) is 0 Å². The number of anilines is 1. The average Bonchev–Trinajstić information content (AvgIpc) is 2.90. The van der Waals surface area contributed by atoms with Gasteiger partial charge in [0.25, 0.3) is 0 Å². The summed E-state index contributed by atoms with van der Waals surface area (Å²) >= 11 is 5.87. The molecule has 1 aliphatic heterocycles. The molecule has 2 aromatic heterocycles. The first-order chi connectivity index (χ1) is 10.0. The predicted octanol–water partition coefficient (Wildman–Crippen LogP) is 2.45. The maximum Gasteiger partial charge on any atom is 0.451 e. The van der Waals surface area contributed by atoms with E-state index in [1.54, 1.807) is 12.3 Å². The minimum absolute atomic E-state index is 0.162. The predicted molar refractivity (Wildman–Crippen MR) is 69.9 cm³/mol. The minimum Gasteiger partial charge on any atom is -0.347 e. The van der Waals surface area contributed by atoms with E-state index in [1.807, 2.05) is 11.0 Å². The van der Waals surface area contributed by atoms with Gasteiger partial charge in [-0.15, -0.1) is 21.8 Å². The van der Waals surface area contributed by atoms with E-state index < -0.39 is 12.0 Å². The maximum atomic E-state index is 12.8. The van der Waals surface area contributed by atoms with Crippen LogP contribution in [0.3, 0.4) is 0 Å². The number of fused-ring (bicyclic) bond motifs is 1. The topological polar surface area (TPSA) is 46.8 Å². The van der Waals surface area contributed by atoms with E-state index in [4.69, 9.17) is 11.6 Å². The van der Waals surface area contributed by atoms with Gasteiger partial charge in [0.1, 0.15) is 5.82 Å². The molecule has 0 saturated heterocycles. The van der Waals surface area contributed by atoms with Crippen molar-refractivity contribution in [1.82, 2.24) is 19.7 Å². The zero-order valence-corrected chi connectivity index (χ0v) is 11.6. The van der Waals surface area contributed by atoms with E-state index >= 15 is 0 Å². The third-order valence-corrected chi connectivity index (χ3v) is 3.61. The third kappa shape index (κ3) is 2.55. The van der Waals surface area contributed by atoms with E-state index in [-0.39, 0.29) is 18.9 Å². The second-order valence-electron chi connectivity index (χ2n) is 4.63. The Labute approximate surface area is 123 Å². The number of hydrogen-bond acceptors (Lipinski definition) is 4. The van der Waals surface area contributed by atoms with Gasteiger partial charge in [-0.3, -0.25) is 0 Å². The summed E-state index contributed by atoms with van der Waals surface area (Å²) in [6.45, 7) is 0.786. The highest BCUT2D eigenvalue weighted by Gasteiger charge is 2.39. The minimum atomic E-state index is -4.49. The number of aromatic nitrogens is 4. The molecule has 5 nitrogen and oxygen atoms in total. The molecule has 0 aromatic carbocycles. The molecule has 0 aliphatic carbocycles. The van der Waals surface area contributed by atoms with Crippen LogP contribution in [-0.4, -0.2) is 26.3 Å². The standard InChI is InChI=1S/C12H11ClF3N5/c13-6-8-2-1-3-17-10(8)20-4-5-21-9(7-20)18-19-11(21)12(14,15)16/h1-3H,4-7H2. The van der Waals surface area contributed by atoms with Crippen LogP contribution in [0.15, 0.2) is 18.3 Å². The van der Waals surface area contributed by atoms with Crippen molar-refractivity contribution in [3.63, 3.8) is 0 Å². The summed E-state index contributed by atoms with van der Waals surface area (Å²) in [5.41, 5.74) is 0.836. The van der Waals surface area contributed by atoms with Crippen molar-refractivity contribution < 1.29 is 13.2 Å². The van der Waals surface area contributed by atoms with Crippen LogP contribution in [-0.2, 0) is 25.1 Å². The fraction of sp³-hybridized carbons (Fsp3) is 0.417. The lowest BCUT2D eigenvalue weighted by atomic mass is 10.2. The van der Waals surface area contributed by atoms with Gasteiger partial charge >= 0.3 is 6.18 Å². The molecule has 1 aliphatic rings. The summed E-state index contributed by atoms with van der Waals surface area (Å²) in [6, 6.07) is 3.62. The van der Waals surface area contributed by atoms with E-state index in [9.17, 15) is 13.2 Å². The molecular weight excluding hydrogens is 307 g/mol. The van der Waals surface area contributed by atoms with E-state index in [0.717, 1.165) is 10.1 Å². The molecule has 21 heavy (non-hydrogen) atoms. The summed E-state index contributed by atoms with van der Waals surface area (Å²) in [5, 5.41) is 6.90. The fourth-order valence-electron chi connectivity index (χ4n) is 2.37. The Hall–Kier alpha value is -1.83. The quantitative estimate of drug-likeness (QED) is 0.798. The second-order valence-corrected chi connectivity index (χ2v) is 4.90. The van der Waals surface area contributed by atoms with Gasteiger partial charge in [0.2, 0.25) is 5.82 Å². The largest absolute Gasteiger partial charge is 0.451 e. The van der Waals surface area contributed by atoms with Gasteiger partial charge in [-0.2, -0.15) is 13.2 Å². The van der Waals surface area contributed by atoms with Crippen LogP contribution in [0.25, 0.3) is 0 Å². The van der Waals surface area contributed by atoms with E-state index in [0.29, 0.717) is 18.2 Å². The molecule has 9 heteroatoms. The number of hydrogen-bond donors (Lipinski definition) is 0. The van der Waals surface area contributed by atoms with Gasteiger partial charge in [0.05, 0.1) is 12.4 Å². The van der Waals surface area contributed by atoms with Crippen LogP contribution in [0.4, 0.5) is 19.0 Å². The molecular formula is C12H11ClF3N5. The molecule has 0 unspecified atom stereocenters. The lowest BCUT2D eigenvalue weighted by Gasteiger charge is -2.30. The molecule has 3 heterocycles.